The van der Waals surface area contributed by atoms with Gasteiger partial charge >= 0.3 is 0 Å². The first kappa shape index (κ1) is 7.56. The van der Waals surface area contributed by atoms with Crippen LogP contribution in [0.3, 0.4) is 0 Å². The Labute approximate surface area is 53.3 Å². The predicted octanol–water partition coefficient (Wildman–Crippen LogP) is 1.59. The molecule has 0 aliphatic heterocycles. The minimum absolute atomic E-state index is 0.0579. The highest BCUT2D eigenvalue weighted by Gasteiger charge is 1.92. The molecule has 0 atom stereocenters. The van der Waals surface area contributed by atoms with Gasteiger partial charge in [0.05, 0.1) is 0 Å². The molecule has 2 nitrogen and oxygen atoms in total. The molecule has 0 heterocycles. The van der Waals surface area contributed by atoms with Crippen molar-refractivity contribution in [3.05, 3.63) is 12.3 Å². The Morgan fingerprint density at radius 1 is 1.75 bits per heavy atom. The third-order valence-electron chi connectivity index (χ3n) is 0.501. The van der Waals surface area contributed by atoms with Crippen molar-refractivity contribution in [1.82, 2.24) is 5.32 Å². The summed E-state index contributed by atoms with van der Waals surface area (Å²) in [5.41, 5.74) is 0.685. The fraction of sp³-hybridized carbons (Fsp3) is 0.400. The summed E-state index contributed by atoms with van der Waals surface area (Å²) in [6, 6.07) is 0. The van der Waals surface area contributed by atoms with Crippen LogP contribution in [-0.2, 0) is 0 Å². The number of rotatable bonds is 1. The van der Waals surface area contributed by atoms with Gasteiger partial charge in [-0.25, -0.2) is 0 Å². The highest BCUT2D eigenvalue weighted by atomic mass is 32.2. The minimum atomic E-state index is -0.0579. The van der Waals surface area contributed by atoms with Crippen molar-refractivity contribution >= 4 is 17.0 Å². The van der Waals surface area contributed by atoms with Crippen LogP contribution >= 0.6 is 11.8 Å². The molecule has 0 aliphatic carbocycles. The monoisotopic (exact) mass is 131 g/mol. The van der Waals surface area contributed by atoms with E-state index in [0.717, 1.165) is 11.8 Å². The standard InChI is InChI=1S/C5H9NOS/c1-4(2)6-5(7)8-3/h1H2,2-3H3,(H,6,7). The van der Waals surface area contributed by atoms with E-state index in [1.165, 1.54) is 0 Å². The molecule has 1 amide bonds. The van der Waals surface area contributed by atoms with Gasteiger partial charge in [0.2, 0.25) is 0 Å². The Bertz CT molecular complexity index is 111. The molecule has 0 aromatic rings. The van der Waals surface area contributed by atoms with E-state index in [2.05, 4.69) is 11.9 Å². The van der Waals surface area contributed by atoms with Gasteiger partial charge in [0, 0.05) is 5.70 Å². The first-order valence-electron chi connectivity index (χ1n) is 2.17. The molecule has 0 fully saturated rings. The average Bonchev–Trinajstić information content (AvgIpc) is 1.65. The summed E-state index contributed by atoms with van der Waals surface area (Å²) in [6.07, 6.45) is 1.72. The van der Waals surface area contributed by atoms with Crippen molar-refractivity contribution in [1.29, 1.82) is 0 Å². The number of hydrogen-bond acceptors (Lipinski definition) is 2. The maximum atomic E-state index is 10.4. The van der Waals surface area contributed by atoms with E-state index in [9.17, 15) is 4.79 Å². The highest BCUT2D eigenvalue weighted by molar-refractivity contribution is 8.12. The molecule has 3 heteroatoms. The molecule has 0 saturated heterocycles. The predicted molar refractivity (Wildman–Crippen MR) is 36.9 cm³/mol. The highest BCUT2D eigenvalue weighted by Crippen LogP contribution is 1.93. The largest absolute Gasteiger partial charge is 0.322 e. The van der Waals surface area contributed by atoms with Crippen LogP contribution in [0.4, 0.5) is 4.79 Å². The molecule has 1 N–H and O–H groups in total. The van der Waals surface area contributed by atoms with Crippen molar-refractivity contribution in [2.45, 2.75) is 6.92 Å². The van der Waals surface area contributed by atoms with Crippen LogP contribution in [0.2, 0.25) is 0 Å². The first-order chi connectivity index (χ1) is 3.66. The molecule has 0 rings (SSSR count). The van der Waals surface area contributed by atoms with Crippen molar-refractivity contribution in [2.24, 2.45) is 0 Å². The van der Waals surface area contributed by atoms with Gasteiger partial charge in [-0.2, -0.15) is 0 Å². The Balaban J connectivity index is 3.40. The normalized spacial score (nSPS) is 8.25. The lowest BCUT2D eigenvalue weighted by Crippen LogP contribution is -2.14. The maximum absolute atomic E-state index is 10.4. The van der Waals surface area contributed by atoms with E-state index in [1.54, 1.807) is 13.2 Å². The van der Waals surface area contributed by atoms with Crippen molar-refractivity contribution in [2.75, 3.05) is 6.26 Å². The van der Waals surface area contributed by atoms with E-state index in [1.807, 2.05) is 0 Å². The van der Waals surface area contributed by atoms with Gasteiger partial charge in [-0.15, -0.1) is 0 Å². The molecule has 0 bridgehead atoms. The molecule has 0 radical (unpaired) electrons. The van der Waals surface area contributed by atoms with E-state index >= 15 is 0 Å². The molecule has 0 aromatic heterocycles. The smallest absolute Gasteiger partial charge is 0.282 e. The van der Waals surface area contributed by atoms with E-state index in [-0.39, 0.29) is 5.24 Å². The summed E-state index contributed by atoms with van der Waals surface area (Å²) in [4.78, 5) is 10.4. The third-order valence-corrected chi connectivity index (χ3v) is 0.974. The average molecular weight is 131 g/mol. The zero-order chi connectivity index (χ0) is 6.57. The number of hydrogen-bond donors (Lipinski definition) is 1. The lowest BCUT2D eigenvalue weighted by Gasteiger charge is -1.97. The molecule has 0 aliphatic rings. The van der Waals surface area contributed by atoms with Gasteiger partial charge < -0.3 is 5.32 Å². The van der Waals surface area contributed by atoms with Crippen LogP contribution in [0.5, 0.6) is 0 Å². The van der Waals surface area contributed by atoms with E-state index in [4.69, 9.17) is 0 Å². The van der Waals surface area contributed by atoms with Crippen molar-refractivity contribution < 1.29 is 4.79 Å². The minimum Gasteiger partial charge on any atom is -0.322 e. The van der Waals surface area contributed by atoms with Crippen LogP contribution in [0.1, 0.15) is 6.92 Å². The molecule has 0 saturated carbocycles. The Hall–Kier alpha value is -0.440. The fourth-order valence-electron chi connectivity index (χ4n) is 0.225. The number of carbonyl (C=O) groups excluding carboxylic acids is 1. The maximum Gasteiger partial charge on any atom is 0.282 e. The number of amides is 1. The summed E-state index contributed by atoms with van der Waals surface area (Å²) >= 11 is 1.14. The molecule has 0 spiro atoms. The number of carbonyl (C=O) groups is 1. The lowest BCUT2D eigenvalue weighted by molar-refractivity contribution is 0.263. The molecule has 0 aromatic carbocycles. The van der Waals surface area contributed by atoms with Crippen LogP contribution in [0.15, 0.2) is 12.3 Å². The zero-order valence-electron chi connectivity index (χ0n) is 5.02. The van der Waals surface area contributed by atoms with Crippen LogP contribution in [0, 0.1) is 0 Å². The molecule has 0 unspecified atom stereocenters. The van der Waals surface area contributed by atoms with E-state index in [0.29, 0.717) is 5.70 Å². The number of nitrogens with one attached hydrogen (secondary N) is 1. The third kappa shape index (κ3) is 3.74. The van der Waals surface area contributed by atoms with E-state index < -0.39 is 0 Å². The van der Waals surface area contributed by atoms with Gasteiger partial charge in [-0.1, -0.05) is 18.3 Å². The summed E-state index contributed by atoms with van der Waals surface area (Å²) in [7, 11) is 0. The number of allylic oxidation sites excluding steroid dienone is 1. The molecular formula is C5H9NOS. The second-order valence-electron chi connectivity index (χ2n) is 1.40. The van der Waals surface area contributed by atoms with Gasteiger partial charge in [0.1, 0.15) is 0 Å². The van der Waals surface area contributed by atoms with Gasteiger partial charge in [0.15, 0.2) is 0 Å². The van der Waals surface area contributed by atoms with Crippen LogP contribution < -0.4 is 5.32 Å². The molecule has 8 heavy (non-hydrogen) atoms. The zero-order valence-corrected chi connectivity index (χ0v) is 5.84. The Kier molecular flexibility index (Phi) is 3.35. The Morgan fingerprint density at radius 3 is 2.38 bits per heavy atom. The topological polar surface area (TPSA) is 29.1 Å². The SMILES string of the molecule is C=C(C)NC(=O)SC. The van der Waals surface area contributed by atoms with Gasteiger partial charge in [0.25, 0.3) is 5.24 Å². The second kappa shape index (κ2) is 3.55. The van der Waals surface area contributed by atoms with Crippen LogP contribution in [-0.4, -0.2) is 11.5 Å². The first-order valence-corrected chi connectivity index (χ1v) is 3.39. The quantitative estimate of drug-likeness (QED) is 0.585. The summed E-state index contributed by atoms with van der Waals surface area (Å²) in [5, 5.41) is 2.46. The van der Waals surface area contributed by atoms with Crippen molar-refractivity contribution in [3.8, 4) is 0 Å². The number of thioether (sulfide) groups is 1. The second-order valence-corrected chi connectivity index (χ2v) is 2.18. The van der Waals surface area contributed by atoms with Crippen molar-refractivity contribution in [3.63, 3.8) is 0 Å². The summed E-state index contributed by atoms with van der Waals surface area (Å²) in [5.74, 6) is 0. The molecule has 46 valence electrons. The molecular weight excluding hydrogens is 122 g/mol. The van der Waals surface area contributed by atoms with Crippen LogP contribution in [0.25, 0.3) is 0 Å². The fourth-order valence-corrected chi connectivity index (χ4v) is 0.502. The summed E-state index contributed by atoms with van der Waals surface area (Å²) < 4.78 is 0. The van der Waals surface area contributed by atoms with Gasteiger partial charge in [-0.05, 0) is 13.2 Å². The Morgan fingerprint density at radius 2 is 2.25 bits per heavy atom. The lowest BCUT2D eigenvalue weighted by atomic mass is 10.6. The van der Waals surface area contributed by atoms with Gasteiger partial charge in [-0.3, -0.25) is 4.79 Å². The summed E-state index contributed by atoms with van der Waals surface area (Å²) in [6.45, 7) is 5.24.